The van der Waals surface area contributed by atoms with E-state index in [4.69, 9.17) is 0 Å². The summed E-state index contributed by atoms with van der Waals surface area (Å²) in [4.78, 5) is 1.14. The summed E-state index contributed by atoms with van der Waals surface area (Å²) in [5, 5.41) is 3.45. The molecule has 112 valence electrons. The maximum atomic E-state index is 12.3. The molecule has 4 nitrogen and oxygen atoms in total. The molecule has 2 N–H and O–H groups in total. The van der Waals surface area contributed by atoms with Gasteiger partial charge in [-0.25, -0.2) is 13.1 Å². The fourth-order valence-corrected chi connectivity index (χ4v) is 5.32. The summed E-state index contributed by atoms with van der Waals surface area (Å²) in [5.41, 5.74) is 0. The van der Waals surface area contributed by atoms with Gasteiger partial charge in [-0.2, -0.15) is 0 Å². The lowest BCUT2D eigenvalue weighted by molar-refractivity contribution is 0.554. The predicted molar refractivity (Wildman–Crippen MR) is 81.6 cm³/mol. The minimum Gasteiger partial charge on any atom is -0.314 e. The summed E-state index contributed by atoms with van der Waals surface area (Å²) in [5.74, 6) is 0. The summed E-state index contributed by atoms with van der Waals surface area (Å²) in [6.45, 7) is 0.945. The third kappa shape index (κ3) is 3.81. The molecular formula is C14H22N2O2S2. The maximum absolute atomic E-state index is 12.3. The highest BCUT2D eigenvalue weighted by Crippen LogP contribution is 2.25. The molecule has 2 aliphatic rings. The number of hydrogen-bond acceptors (Lipinski definition) is 4. The Morgan fingerprint density at radius 3 is 2.55 bits per heavy atom. The molecule has 1 aromatic rings. The Bertz CT molecular complexity index is 543. The fraction of sp³-hybridized carbons (Fsp3) is 0.714. The van der Waals surface area contributed by atoms with Gasteiger partial charge < -0.3 is 5.32 Å². The molecule has 20 heavy (non-hydrogen) atoms. The topological polar surface area (TPSA) is 58.2 Å². The van der Waals surface area contributed by atoms with Crippen molar-refractivity contribution < 1.29 is 8.42 Å². The van der Waals surface area contributed by atoms with Gasteiger partial charge in [-0.1, -0.05) is 12.8 Å². The summed E-state index contributed by atoms with van der Waals surface area (Å²) < 4.78 is 27.9. The molecular weight excluding hydrogens is 292 g/mol. The van der Waals surface area contributed by atoms with E-state index in [1.165, 1.54) is 24.2 Å². The Morgan fingerprint density at radius 2 is 1.85 bits per heavy atom. The van der Waals surface area contributed by atoms with Gasteiger partial charge >= 0.3 is 0 Å². The van der Waals surface area contributed by atoms with Crippen LogP contribution in [-0.2, 0) is 16.4 Å². The van der Waals surface area contributed by atoms with E-state index in [-0.39, 0.29) is 6.04 Å². The highest BCUT2D eigenvalue weighted by Gasteiger charge is 2.24. The molecule has 0 spiro atoms. The van der Waals surface area contributed by atoms with Gasteiger partial charge in [-0.15, -0.1) is 11.3 Å². The summed E-state index contributed by atoms with van der Waals surface area (Å²) in [6.07, 6.45) is 7.71. The SMILES string of the molecule is O=S(=O)(NC1CCCC1)c1ccc(CCNC2CC2)s1. The van der Waals surface area contributed by atoms with Crippen molar-refractivity contribution >= 4 is 21.4 Å². The Hall–Kier alpha value is -0.430. The summed E-state index contributed by atoms with van der Waals surface area (Å²) in [6, 6.07) is 4.54. The van der Waals surface area contributed by atoms with Crippen molar-refractivity contribution in [1.29, 1.82) is 0 Å². The van der Waals surface area contributed by atoms with E-state index in [1.54, 1.807) is 6.07 Å². The zero-order chi connectivity index (χ0) is 14.0. The Labute approximate surface area is 125 Å². The number of nitrogens with one attached hydrogen (secondary N) is 2. The highest BCUT2D eigenvalue weighted by atomic mass is 32.2. The third-order valence-corrected chi connectivity index (χ3v) is 7.12. The fourth-order valence-electron chi connectivity index (χ4n) is 2.65. The second kappa shape index (κ2) is 6.13. The third-order valence-electron chi connectivity index (χ3n) is 3.96. The zero-order valence-corrected chi connectivity index (χ0v) is 13.2. The van der Waals surface area contributed by atoms with Crippen molar-refractivity contribution in [1.82, 2.24) is 10.0 Å². The van der Waals surface area contributed by atoms with Crippen LogP contribution in [0.2, 0.25) is 0 Å². The number of rotatable bonds is 7. The molecule has 0 bridgehead atoms. The summed E-state index contributed by atoms with van der Waals surface area (Å²) >= 11 is 1.40. The van der Waals surface area contributed by atoms with E-state index in [9.17, 15) is 8.42 Å². The Balaban J connectivity index is 1.56. The lowest BCUT2D eigenvalue weighted by Crippen LogP contribution is -2.32. The van der Waals surface area contributed by atoms with Crippen molar-refractivity contribution in [3.05, 3.63) is 17.0 Å². The number of sulfonamides is 1. The number of thiophene rings is 1. The van der Waals surface area contributed by atoms with E-state index in [0.29, 0.717) is 10.3 Å². The lowest BCUT2D eigenvalue weighted by Gasteiger charge is -2.10. The molecule has 0 amide bonds. The van der Waals surface area contributed by atoms with Crippen LogP contribution in [0.15, 0.2) is 16.3 Å². The van der Waals surface area contributed by atoms with Crippen molar-refractivity contribution in [2.24, 2.45) is 0 Å². The second-order valence-corrected chi connectivity index (χ2v) is 8.91. The van der Waals surface area contributed by atoms with Gasteiger partial charge in [0.25, 0.3) is 0 Å². The largest absolute Gasteiger partial charge is 0.314 e. The van der Waals surface area contributed by atoms with Crippen LogP contribution >= 0.6 is 11.3 Å². The molecule has 0 radical (unpaired) electrons. The molecule has 2 aliphatic carbocycles. The van der Waals surface area contributed by atoms with Crippen LogP contribution in [0.3, 0.4) is 0 Å². The van der Waals surface area contributed by atoms with Crippen LogP contribution in [0.1, 0.15) is 43.4 Å². The van der Waals surface area contributed by atoms with Gasteiger partial charge in [0.2, 0.25) is 10.0 Å². The zero-order valence-electron chi connectivity index (χ0n) is 11.6. The van der Waals surface area contributed by atoms with E-state index in [0.717, 1.165) is 43.5 Å². The van der Waals surface area contributed by atoms with Gasteiger partial charge in [0.1, 0.15) is 4.21 Å². The first-order valence-corrected chi connectivity index (χ1v) is 9.78. The standard InChI is InChI=1S/C14H22N2O2S2/c17-20(18,16-12-3-1-2-4-12)14-8-7-13(19-14)9-10-15-11-5-6-11/h7-8,11-12,15-16H,1-6,9-10H2. The lowest BCUT2D eigenvalue weighted by atomic mass is 10.3. The molecule has 0 aliphatic heterocycles. The molecule has 2 saturated carbocycles. The minimum absolute atomic E-state index is 0.141. The first-order valence-electron chi connectivity index (χ1n) is 7.48. The van der Waals surface area contributed by atoms with Crippen LogP contribution in [0.4, 0.5) is 0 Å². The molecule has 0 atom stereocenters. The average molecular weight is 314 g/mol. The minimum atomic E-state index is -3.30. The van der Waals surface area contributed by atoms with Crippen LogP contribution < -0.4 is 10.0 Å². The second-order valence-electron chi connectivity index (χ2n) is 5.80. The molecule has 0 unspecified atom stereocenters. The average Bonchev–Trinajstić information content (AvgIpc) is 2.90. The maximum Gasteiger partial charge on any atom is 0.250 e. The van der Waals surface area contributed by atoms with Crippen LogP contribution in [0.25, 0.3) is 0 Å². The monoisotopic (exact) mass is 314 g/mol. The van der Waals surface area contributed by atoms with Gasteiger partial charge in [0.05, 0.1) is 0 Å². The smallest absolute Gasteiger partial charge is 0.250 e. The Kier molecular flexibility index (Phi) is 4.45. The molecule has 0 aromatic carbocycles. The molecule has 1 heterocycles. The van der Waals surface area contributed by atoms with Gasteiger partial charge in [0, 0.05) is 23.5 Å². The van der Waals surface area contributed by atoms with Crippen molar-refractivity contribution in [2.75, 3.05) is 6.54 Å². The van der Waals surface area contributed by atoms with E-state index >= 15 is 0 Å². The first kappa shape index (κ1) is 14.5. The predicted octanol–water partition coefficient (Wildman–Crippen LogP) is 2.26. The van der Waals surface area contributed by atoms with Crippen LogP contribution in [-0.4, -0.2) is 27.0 Å². The number of hydrogen-bond donors (Lipinski definition) is 2. The van der Waals surface area contributed by atoms with Gasteiger partial charge in [0.15, 0.2) is 0 Å². The van der Waals surface area contributed by atoms with Crippen molar-refractivity contribution in [2.45, 2.75) is 61.2 Å². The quantitative estimate of drug-likeness (QED) is 0.811. The molecule has 6 heteroatoms. The molecule has 0 saturated heterocycles. The molecule has 1 aromatic heterocycles. The molecule has 2 fully saturated rings. The normalized spacial score (nSPS) is 20.6. The first-order chi connectivity index (χ1) is 9.63. The van der Waals surface area contributed by atoms with Crippen LogP contribution in [0, 0.1) is 0 Å². The van der Waals surface area contributed by atoms with Crippen molar-refractivity contribution in [3.63, 3.8) is 0 Å². The van der Waals surface area contributed by atoms with Gasteiger partial charge in [-0.05, 0) is 44.2 Å². The van der Waals surface area contributed by atoms with E-state index in [1.807, 2.05) is 6.07 Å². The Morgan fingerprint density at radius 1 is 1.10 bits per heavy atom. The van der Waals surface area contributed by atoms with E-state index in [2.05, 4.69) is 10.0 Å². The van der Waals surface area contributed by atoms with Crippen LogP contribution in [0.5, 0.6) is 0 Å². The van der Waals surface area contributed by atoms with E-state index < -0.39 is 10.0 Å². The summed E-state index contributed by atoms with van der Waals surface area (Å²) in [7, 11) is -3.30. The van der Waals surface area contributed by atoms with Crippen molar-refractivity contribution in [3.8, 4) is 0 Å². The molecule has 3 rings (SSSR count). The van der Waals surface area contributed by atoms with Gasteiger partial charge in [-0.3, -0.25) is 0 Å². The highest BCUT2D eigenvalue weighted by molar-refractivity contribution is 7.91.